The molecular weight excluding hydrogens is 190 g/mol. The van der Waals surface area contributed by atoms with Crippen molar-refractivity contribution < 1.29 is 5.32 Å². The average molecular weight is 208 g/mol. The molecule has 0 aliphatic carbocycles. The highest BCUT2D eigenvalue weighted by Crippen LogP contribution is 2.13. The van der Waals surface area contributed by atoms with E-state index < -0.39 is 0 Å². The van der Waals surface area contributed by atoms with Crippen LogP contribution in [0.1, 0.15) is 12.0 Å². The van der Waals surface area contributed by atoms with Gasteiger partial charge < -0.3 is 5.32 Å². The topological polar surface area (TPSA) is 16.6 Å². The molecule has 0 amide bonds. The van der Waals surface area contributed by atoms with E-state index in [2.05, 4.69) is 47.4 Å². The number of hydrogen-bond acceptors (Lipinski definition) is 1. The summed E-state index contributed by atoms with van der Waals surface area (Å²) < 4.78 is 0. The molecule has 2 N–H and O–H groups in total. The molecule has 1 heterocycles. The van der Waals surface area contributed by atoms with Crippen LogP contribution >= 0.6 is 11.8 Å². The maximum Gasteiger partial charge on any atom is 0.0958 e. The Balaban J connectivity index is 1.67. The lowest BCUT2D eigenvalue weighted by molar-refractivity contribution is -0.683. The molecule has 1 atom stereocenters. The van der Waals surface area contributed by atoms with Crippen LogP contribution in [0.2, 0.25) is 0 Å². The van der Waals surface area contributed by atoms with E-state index in [-0.39, 0.29) is 0 Å². The summed E-state index contributed by atoms with van der Waals surface area (Å²) in [5.41, 5.74) is 1.47. The molecule has 1 fully saturated rings. The van der Waals surface area contributed by atoms with Gasteiger partial charge in [0.1, 0.15) is 0 Å². The quantitative estimate of drug-likeness (QED) is 0.789. The van der Waals surface area contributed by atoms with Gasteiger partial charge in [-0.2, -0.15) is 11.8 Å². The van der Waals surface area contributed by atoms with Crippen LogP contribution in [0.25, 0.3) is 0 Å². The Morgan fingerprint density at radius 2 is 2.14 bits per heavy atom. The van der Waals surface area contributed by atoms with Crippen molar-refractivity contribution in [2.24, 2.45) is 0 Å². The summed E-state index contributed by atoms with van der Waals surface area (Å²) in [6.45, 7) is 1.25. The fourth-order valence-corrected chi connectivity index (χ4v) is 3.11. The van der Waals surface area contributed by atoms with Crippen LogP contribution in [0.4, 0.5) is 0 Å². The van der Waals surface area contributed by atoms with E-state index in [0.29, 0.717) is 0 Å². The maximum absolute atomic E-state index is 2.52. The minimum absolute atomic E-state index is 0.892. The van der Waals surface area contributed by atoms with Gasteiger partial charge in [-0.3, -0.25) is 0 Å². The van der Waals surface area contributed by atoms with E-state index in [1.807, 2.05) is 0 Å². The Morgan fingerprint density at radius 3 is 2.86 bits per heavy atom. The second-order valence-electron chi connectivity index (χ2n) is 3.88. The molecule has 0 aromatic heterocycles. The van der Waals surface area contributed by atoms with E-state index in [0.717, 1.165) is 6.04 Å². The fourth-order valence-electron chi connectivity index (χ4n) is 1.87. The number of quaternary nitrogens is 1. The van der Waals surface area contributed by atoms with Gasteiger partial charge in [0.25, 0.3) is 0 Å². The lowest BCUT2D eigenvalue weighted by atomic mass is 10.1. The zero-order valence-corrected chi connectivity index (χ0v) is 9.30. The summed E-state index contributed by atoms with van der Waals surface area (Å²) in [6, 6.07) is 11.7. The zero-order chi connectivity index (χ0) is 9.64. The summed E-state index contributed by atoms with van der Waals surface area (Å²) >= 11 is 2.10. The van der Waals surface area contributed by atoms with E-state index in [1.165, 1.54) is 36.5 Å². The Hall–Kier alpha value is -0.470. The van der Waals surface area contributed by atoms with Crippen LogP contribution in [0.3, 0.4) is 0 Å². The van der Waals surface area contributed by atoms with Crippen LogP contribution in [0.15, 0.2) is 30.3 Å². The number of rotatable bonds is 4. The number of hydrogen-bond donors (Lipinski definition) is 1. The largest absolute Gasteiger partial charge is 0.343 e. The van der Waals surface area contributed by atoms with Gasteiger partial charge in [-0.15, -0.1) is 0 Å². The molecule has 14 heavy (non-hydrogen) atoms. The van der Waals surface area contributed by atoms with Gasteiger partial charge in [-0.25, -0.2) is 0 Å². The molecule has 1 aromatic carbocycles. The maximum atomic E-state index is 2.52. The molecule has 2 heteroatoms. The minimum atomic E-state index is 0.892. The van der Waals surface area contributed by atoms with Gasteiger partial charge in [-0.1, -0.05) is 30.3 Å². The standard InChI is InChI=1S/C12H17NS/c1-2-4-11(5-3-1)6-8-13-12-7-9-14-10-12/h1-5,12-13H,6-10H2/p+1/t12-/m0/s1. The highest BCUT2D eigenvalue weighted by Gasteiger charge is 2.17. The monoisotopic (exact) mass is 208 g/mol. The molecule has 1 aliphatic rings. The summed E-state index contributed by atoms with van der Waals surface area (Å²) in [6.07, 6.45) is 2.61. The first-order valence-corrected chi connectivity index (χ1v) is 6.55. The molecule has 1 nitrogen and oxygen atoms in total. The van der Waals surface area contributed by atoms with Crippen LogP contribution < -0.4 is 5.32 Å². The van der Waals surface area contributed by atoms with Gasteiger partial charge in [0.15, 0.2) is 0 Å². The fraction of sp³-hybridized carbons (Fsp3) is 0.500. The first kappa shape index (κ1) is 10.1. The Bertz CT molecular complexity index is 254. The predicted molar refractivity (Wildman–Crippen MR) is 62.7 cm³/mol. The molecule has 1 saturated heterocycles. The van der Waals surface area contributed by atoms with Crippen LogP contribution in [0, 0.1) is 0 Å². The van der Waals surface area contributed by atoms with Gasteiger partial charge >= 0.3 is 0 Å². The first-order chi connectivity index (χ1) is 6.95. The van der Waals surface area contributed by atoms with Crippen molar-refractivity contribution >= 4 is 11.8 Å². The van der Waals surface area contributed by atoms with E-state index in [4.69, 9.17) is 0 Å². The number of thioether (sulfide) groups is 1. The first-order valence-electron chi connectivity index (χ1n) is 5.40. The van der Waals surface area contributed by atoms with E-state index in [1.54, 1.807) is 0 Å². The molecular formula is C12H18NS+. The van der Waals surface area contributed by atoms with Crippen LogP contribution in [-0.4, -0.2) is 24.1 Å². The van der Waals surface area contributed by atoms with Crippen molar-refractivity contribution in [2.45, 2.75) is 18.9 Å². The molecule has 0 radical (unpaired) electrons. The van der Waals surface area contributed by atoms with Gasteiger partial charge in [0.2, 0.25) is 0 Å². The molecule has 1 aliphatic heterocycles. The third-order valence-electron chi connectivity index (χ3n) is 2.74. The van der Waals surface area contributed by atoms with Crippen LogP contribution in [0.5, 0.6) is 0 Å². The third-order valence-corrected chi connectivity index (χ3v) is 3.93. The highest BCUT2D eigenvalue weighted by atomic mass is 32.2. The van der Waals surface area contributed by atoms with Crippen molar-refractivity contribution in [3.8, 4) is 0 Å². The molecule has 0 saturated carbocycles. The zero-order valence-electron chi connectivity index (χ0n) is 8.49. The SMILES string of the molecule is c1ccc(CC[NH2+][C@H]2CCSC2)cc1. The molecule has 2 rings (SSSR count). The Kier molecular flexibility index (Phi) is 3.90. The van der Waals surface area contributed by atoms with Crippen molar-refractivity contribution in [1.82, 2.24) is 0 Å². The number of nitrogens with two attached hydrogens (primary N) is 1. The Labute approximate surface area is 90.3 Å². The predicted octanol–water partition coefficient (Wildman–Crippen LogP) is 1.30. The van der Waals surface area contributed by atoms with Gasteiger partial charge in [-0.05, 0) is 11.3 Å². The molecule has 1 aromatic rings. The highest BCUT2D eigenvalue weighted by molar-refractivity contribution is 7.99. The average Bonchev–Trinajstić information content (AvgIpc) is 2.72. The molecule has 76 valence electrons. The van der Waals surface area contributed by atoms with Gasteiger partial charge in [0.05, 0.1) is 12.6 Å². The minimum Gasteiger partial charge on any atom is -0.343 e. The molecule has 0 unspecified atom stereocenters. The lowest BCUT2D eigenvalue weighted by Crippen LogP contribution is -2.90. The second kappa shape index (κ2) is 5.42. The van der Waals surface area contributed by atoms with Crippen LogP contribution in [-0.2, 0) is 6.42 Å². The summed E-state index contributed by atoms with van der Waals surface area (Å²) in [7, 11) is 0. The molecule has 0 spiro atoms. The number of benzene rings is 1. The summed E-state index contributed by atoms with van der Waals surface area (Å²) in [5.74, 6) is 2.72. The van der Waals surface area contributed by atoms with Crippen molar-refractivity contribution in [3.63, 3.8) is 0 Å². The Morgan fingerprint density at radius 1 is 1.29 bits per heavy atom. The van der Waals surface area contributed by atoms with E-state index in [9.17, 15) is 0 Å². The smallest absolute Gasteiger partial charge is 0.0958 e. The third kappa shape index (κ3) is 3.03. The van der Waals surface area contributed by atoms with E-state index >= 15 is 0 Å². The van der Waals surface area contributed by atoms with Crippen molar-refractivity contribution in [2.75, 3.05) is 18.1 Å². The van der Waals surface area contributed by atoms with Crippen molar-refractivity contribution in [3.05, 3.63) is 35.9 Å². The molecule has 0 bridgehead atoms. The lowest BCUT2D eigenvalue weighted by Gasteiger charge is -2.07. The van der Waals surface area contributed by atoms with Crippen molar-refractivity contribution in [1.29, 1.82) is 0 Å². The summed E-state index contributed by atoms with van der Waals surface area (Å²) in [4.78, 5) is 0. The normalized spacial score (nSPS) is 21.3. The second-order valence-corrected chi connectivity index (χ2v) is 5.03. The van der Waals surface area contributed by atoms with Gasteiger partial charge in [0, 0.05) is 18.6 Å². The summed E-state index contributed by atoms with van der Waals surface area (Å²) in [5, 5.41) is 2.52.